The molecule has 0 atom stereocenters. The zero-order valence-corrected chi connectivity index (χ0v) is 43.0. The molecular weight excluding hydrogens is 893 g/mol. The number of fused-ring (bicyclic) bond motifs is 5. The lowest BCUT2D eigenvalue weighted by atomic mass is 9.92. The fourth-order valence-corrected chi connectivity index (χ4v) is 11.1. The molecule has 74 heavy (non-hydrogen) atoms. The van der Waals surface area contributed by atoms with Gasteiger partial charge < -0.3 is 9.80 Å². The Balaban J connectivity index is 1.17. The molecule has 0 fully saturated rings. The Bertz CT molecular complexity index is 3630. The third kappa shape index (κ3) is 8.49. The number of hydrogen-bond acceptors (Lipinski definition) is 2. The summed E-state index contributed by atoms with van der Waals surface area (Å²) >= 11 is 0. The van der Waals surface area contributed by atoms with E-state index in [0.717, 1.165) is 34.1 Å². The minimum absolute atomic E-state index is 1.10. The predicted octanol–water partition coefficient (Wildman–Crippen LogP) is 20.6. The lowest BCUT2D eigenvalue weighted by molar-refractivity contribution is 1.22. The molecule has 0 spiro atoms. The summed E-state index contributed by atoms with van der Waals surface area (Å²) in [5, 5.41) is 7.14. The van der Waals surface area contributed by atoms with Crippen LogP contribution in [0.3, 0.4) is 0 Å². The van der Waals surface area contributed by atoms with Gasteiger partial charge in [-0.2, -0.15) is 0 Å². The van der Waals surface area contributed by atoms with Gasteiger partial charge in [0.15, 0.2) is 0 Å². The van der Waals surface area contributed by atoms with Crippen LogP contribution in [0.25, 0.3) is 76.8 Å². The van der Waals surface area contributed by atoms with E-state index in [0.29, 0.717) is 0 Å². The fraction of sp³-hybridized carbons (Fsp3) is 0.0833. The summed E-state index contributed by atoms with van der Waals surface area (Å²) in [5.74, 6) is 0. The van der Waals surface area contributed by atoms with E-state index in [1.807, 2.05) is 0 Å². The Morgan fingerprint density at radius 3 is 0.730 bits per heavy atom. The summed E-state index contributed by atoms with van der Waals surface area (Å²) < 4.78 is 0. The van der Waals surface area contributed by atoms with E-state index in [4.69, 9.17) is 0 Å². The minimum Gasteiger partial charge on any atom is -0.310 e. The Hall–Kier alpha value is -8.98. The molecule has 0 N–H and O–H groups in total. The molecule has 0 aliphatic heterocycles. The second kappa shape index (κ2) is 19.2. The molecule has 0 heterocycles. The van der Waals surface area contributed by atoms with Crippen molar-refractivity contribution in [1.29, 1.82) is 0 Å². The van der Waals surface area contributed by atoms with E-state index >= 15 is 0 Å². The van der Waals surface area contributed by atoms with E-state index in [9.17, 15) is 0 Å². The molecule has 2 nitrogen and oxygen atoms in total. The van der Waals surface area contributed by atoms with Crippen LogP contribution in [0.2, 0.25) is 0 Å². The van der Waals surface area contributed by atoms with Crippen molar-refractivity contribution in [3.05, 3.63) is 276 Å². The summed E-state index contributed by atoms with van der Waals surface area (Å²) in [4.78, 5) is 5.04. The van der Waals surface area contributed by atoms with Crippen molar-refractivity contribution in [2.45, 2.75) is 41.5 Å². The van der Waals surface area contributed by atoms with Crippen LogP contribution >= 0.6 is 0 Å². The van der Waals surface area contributed by atoms with Crippen LogP contribution in [0.4, 0.5) is 34.1 Å². The average Bonchev–Trinajstić information content (AvgIpc) is 3.46. The van der Waals surface area contributed by atoms with E-state index < -0.39 is 0 Å². The smallest absolute Gasteiger partial charge is 0.0546 e. The van der Waals surface area contributed by atoms with Crippen LogP contribution in [-0.2, 0) is 0 Å². The van der Waals surface area contributed by atoms with Gasteiger partial charge in [-0.1, -0.05) is 170 Å². The first-order valence-electron chi connectivity index (χ1n) is 25.8. The van der Waals surface area contributed by atoms with Crippen molar-refractivity contribution in [2.75, 3.05) is 9.80 Å². The van der Waals surface area contributed by atoms with Crippen molar-refractivity contribution in [1.82, 2.24) is 0 Å². The van der Waals surface area contributed by atoms with Gasteiger partial charge in [-0.15, -0.1) is 0 Å². The molecule has 0 radical (unpaired) electrons. The van der Waals surface area contributed by atoms with Crippen LogP contribution in [-0.4, -0.2) is 0 Å². The molecule has 0 unspecified atom stereocenters. The van der Waals surface area contributed by atoms with E-state index in [1.54, 1.807) is 0 Å². The molecule has 12 aromatic carbocycles. The fourth-order valence-electron chi connectivity index (χ4n) is 11.1. The lowest BCUT2D eigenvalue weighted by Crippen LogP contribution is -2.13. The van der Waals surface area contributed by atoms with Crippen molar-refractivity contribution in [2.24, 2.45) is 0 Å². The number of nitrogens with zero attached hydrogens (tertiary/aromatic N) is 2. The highest BCUT2D eigenvalue weighted by Crippen LogP contribution is 2.50. The minimum atomic E-state index is 1.10. The zero-order valence-electron chi connectivity index (χ0n) is 43.0. The van der Waals surface area contributed by atoms with Crippen molar-refractivity contribution >= 4 is 66.4 Å². The lowest BCUT2D eigenvalue weighted by Gasteiger charge is -2.31. The first kappa shape index (κ1) is 46.1. The second-order valence-electron chi connectivity index (χ2n) is 20.1. The topological polar surface area (TPSA) is 6.48 Å². The monoisotopic (exact) mass is 950 g/mol. The van der Waals surface area contributed by atoms with Crippen LogP contribution in [0.15, 0.2) is 243 Å². The quantitative estimate of drug-likeness (QED) is 0.126. The maximum atomic E-state index is 2.52. The van der Waals surface area contributed by atoms with E-state index in [2.05, 4.69) is 294 Å². The molecular formula is C72H58N2. The third-order valence-electron chi connectivity index (χ3n) is 15.4. The number of rotatable bonds is 10. The number of hydrogen-bond donors (Lipinski definition) is 0. The Morgan fingerprint density at radius 1 is 0.203 bits per heavy atom. The van der Waals surface area contributed by atoms with Gasteiger partial charge in [0.05, 0.1) is 11.4 Å². The van der Waals surface area contributed by atoms with Gasteiger partial charge >= 0.3 is 0 Å². The van der Waals surface area contributed by atoms with Crippen molar-refractivity contribution < 1.29 is 0 Å². The van der Waals surface area contributed by atoms with Gasteiger partial charge in [-0.3, -0.25) is 0 Å². The van der Waals surface area contributed by atoms with Gasteiger partial charge in [-0.05, 0) is 214 Å². The largest absolute Gasteiger partial charge is 0.310 e. The van der Waals surface area contributed by atoms with Crippen molar-refractivity contribution in [3.8, 4) is 44.5 Å². The predicted molar refractivity (Wildman–Crippen MR) is 318 cm³/mol. The third-order valence-corrected chi connectivity index (χ3v) is 15.4. The van der Waals surface area contributed by atoms with E-state index in [-0.39, 0.29) is 0 Å². The SMILES string of the molecule is Cc1cc(N(c2cc(-c3ccccc3)cc(-c3ccccc3)c2)c2cc3c4ccccc4c(N(c4cc(-c5ccccc5)cc(-c5ccccc5)c4)c4cc(C)c(C)c(C)c4)cc3c3ccccc23)cc(C)c1C. The molecule has 0 amide bonds. The van der Waals surface area contributed by atoms with Crippen molar-refractivity contribution in [3.63, 3.8) is 0 Å². The molecule has 0 aliphatic rings. The first-order valence-corrected chi connectivity index (χ1v) is 25.8. The molecule has 2 heteroatoms. The van der Waals surface area contributed by atoms with Crippen LogP contribution < -0.4 is 9.80 Å². The maximum absolute atomic E-state index is 2.52. The van der Waals surface area contributed by atoms with Gasteiger partial charge in [0.1, 0.15) is 0 Å². The molecule has 0 saturated heterocycles. The van der Waals surface area contributed by atoms with Crippen LogP contribution in [0, 0.1) is 41.5 Å². The molecule has 0 aromatic heterocycles. The summed E-state index contributed by atoms with van der Waals surface area (Å²) in [7, 11) is 0. The average molecular weight is 951 g/mol. The van der Waals surface area contributed by atoms with Gasteiger partial charge in [-0.25, -0.2) is 0 Å². The normalized spacial score (nSPS) is 11.4. The first-order chi connectivity index (χ1) is 36.2. The summed E-state index contributed by atoms with van der Waals surface area (Å²) in [5.41, 5.74) is 23.8. The second-order valence-corrected chi connectivity index (χ2v) is 20.1. The highest BCUT2D eigenvalue weighted by atomic mass is 15.2. The maximum Gasteiger partial charge on any atom is 0.0546 e. The van der Waals surface area contributed by atoms with Crippen LogP contribution in [0.5, 0.6) is 0 Å². The Kier molecular flexibility index (Phi) is 12.0. The molecule has 12 rings (SSSR count). The molecule has 356 valence electrons. The number of anilines is 6. The number of aryl methyl sites for hydroxylation is 4. The zero-order chi connectivity index (χ0) is 50.5. The van der Waals surface area contributed by atoms with E-state index in [1.165, 1.54) is 110 Å². The van der Waals surface area contributed by atoms with Gasteiger partial charge in [0.25, 0.3) is 0 Å². The Morgan fingerprint density at radius 2 is 0.446 bits per heavy atom. The van der Waals surface area contributed by atoms with Crippen LogP contribution in [0.1, 0.15) is 33.4 Å². The van der Waals surface area contributed by atoms with Gasteiger partial charge in [0, 0.05) is 33.5 Å². The highest BCUT2D eigenvalue weighted by molar-refractivity contribution is 6.24. The molecule has 12 aromatic rings. The van der Waals surface area contributed by atoms with Gasteiger partial charge in [0.2, 0.25) is 0 Å². The number of benzene rings is 12. The molecule has 0 saturated carbocycles. The summed E-state index contributed by atoms with van der Waals surface area (Å²) in [6, 6.07) is 89.9. The molecule has 0 bridgehead atoms. The summed E-state index contributed by atoms with van der Waals surface area (Å²) in [6.07, 6.45) is 0. The molecule has 0 aliphatic carbocycles. The standard InChI is InChI=1S/C72H58N2/c1-47-35-61(36-48(2)51(47)5)73(63-41-57(53-23-11-7-12-24-53)39-58(42-63)54-25-13-8-14-26-54)71-45-69-66-32-20-22-34-68(66)72(46-70(69)65-31-19-21-33-67(65)71)74(62-37-49(3)52(6)50(4)38-62)64-43-59(55-27-15-9-16-28-55)40-60(44-64)56-29-17-10-18-30-56/h7-46H,1-6H3. The highest BCUT2D eigenvalue weighted by Gasteiger charge is 2.25. The summed E-state index contributed by atoms with van der Waals surface area (Å²) in [6.45, 7) is 13.5. The Labute approximate surface area is 436 Å².